The van der Waals surface area contributed by atoms with E-state index in [4.69, 9.17) is 16.7 Å². The van der Waals surface area contributed by atoms with Gasteiger partial charge in [0, 0.05) is 11.6 Å². The van der Waals surface area contributed by atoms with Gasteiger partial charge in [0.05, 0.1) is 0 Å². The second-order valence-electron chi connectivity index (χ2n) is 2.79. The van der Waals surface area contributed by atoms with E-state index in [1.165, 1.54) is 5.56 Å². The first-order chi connectivity index (χ1) is 5.76. The highest BCUT2D eigenvalue weighted by atomic mass is 35.5. The van der Waals surface area contributed by atoms with Gasteiger partial charge >= 0.3 is 0 Å². The minimum Gasteiger partial charge on any atom is -0.396 e. The van der Waals surface area contributed by atoms with Crippen LogP contribution in [0.25, 0.3) is 0 Å². The maximum atomic E-state index is 8.73. The third-order valence-corrected chi connectivity index (χ3v) is 2.04. The zero-order chi connectivity index (χ0) is 8.97. The van der Waals surface area contributed by atoms with Crippen LogP contribution < -0.4 is 0 Å². The summed E-state index contributed by atoms with van der Waals surface area (Å²) in [5.41, 5.74) is 2.34. The zero-order valence-corrected chi connectivity index (χ0v) is 7.93. The molecule has 0 atom stereocenters. The number of aliphatic hydroxyl groups excluding tert-OH is 1. The summed E-state index contributed by atoms with van der Waals surface area (Å²) in [6.07, 6.45) is 1.67. The highest BCUT2D eigenvalue weighted by Crippen LogP contribution is 2.15. The maximum absolute atomic E-state index is 8.73. The third kappa shape index (κ3) is 2.50. The first kappa shape index (κ1) is 9.56. The predicted octanol–water partition coefficient (Wildman–Crippen LogP) is 2.44. The van der Waals surface area contributed by atoms with E-state index in [2.05, 4.69) is 13.0 Å². The quantitative estimate of drug-likeness (QED) is 0.765. The largest absolute Gasteiger partial charge is 0.396 e. The molecular weight excluding hydrogens is 172 g/mol. The molecule has 0 aliphatic rings. The van der Waals surface area contributed by atoms with Gasteiger partial charge in [0.15, 0.2) is 0 Å². The Kier molecular flexibility index (Phi) is 3.57. The molecule has 0 heterocycles. The van der Waals surface area contributed by atoms with Crippen LogP contribution in [0.3, 0.4) is 0 Å². The van der Waals surface area contributed by atoms with Gasteiger partial charge in [0.1, 0.15) is 0 Å². The summed E-state index contributed by atoms with van der Waals surface area (Å²) in [6, 6.07) is 5.95. The van der Waals surface area contributed by atoms with Crippen LogP contribution in [0.15, 0.2) is 18.2 Å². The molecule has 1 aromatic rings. The fourth-order valence-corrected chi connectivity index (χ4v) is 1.48. The van der Waals surface area contributed by atoms with E-state index in [-0.39, 0.29) is 6.61 Å². The molecular formula is C10H13ClO. The predicted molar refractivity (Wildman–Crippen MR) is 51.6 cm³/mol. The van der Waals surface area contributed by atoms with Crippen molar-refractivity contribution in [2.24, 2.45) is 0 Å². The van der Waals surface area contributed by atoms with Crippen LogP contribution in [0.5, 0.6) is 0 Å². The summed E-state index contributed by atoms with van der Waals surface area (Å²) < 4.78 is 0. The molecule has 1 rings (SSSR count). The number of hydrogen-bond donors (Lipinski definition) is 1. The van der Waals surface area contributed by atoms with E-state index in [1.807, 2.05) is 12.1 Å². The number of aliphatic hydroxyl groups is 1. The van der Waals surface area contributed by atoms with Gasteiger partial charge in [-0.2, -0.15) is 0 Å². The van der Waals surface area contributed by atoms with Gasteiger partial charge in [-0.1, -0.05) is 24.6 Å². The molecule has 2 heteroatoms. The van der Waals surface area contributed by atoms with Crippen LogP contribution in [0.2, 0.25) is 5.02 Å². The minimum atomic E-state index is 0.184. The molecule has 1 nitrogen and oxygen atoms in total. The summed E-state index contributed by atoms with van der Waals surface area (Å²) in [5, 5.41) is 9.49. The molecule has 0 fully saturated rings. The summed E-state index contributed by atoms with van der Waals surface area (Å²) in [7, 11) is 0. The molecule has 0 radical (unpaired) electrons. The summed E-state index contributed by atoms with van der Waals surface area (Å²) in [5.74, 6) is 0. The average Bonchev–Trinajstić information content (AvgIpc) is 2.04. The van der Waals surface area contributed by atoms with Gasteiger partial charge in [-0.15, -0.1) is 0 Å². The van der Waals surface area contributed by atoms with Crippen molar-refractivity contribution in [3.8, 4) is 0 Å². The van der Waals surface area contributed by atoms with Crippen LogP contribution >= 0.6 is 11.6 Å². The topological polar surface area (TPSA) is 20.2 Å². The Bertz CT molecular complexity index is 258. The molecule has 0 spiro atoms. The number of aryl methyl sites for hydroxylation is 1. The fraction of sp³-hybridized carbons (Fsp3) is 0.400. The van der Waals surface area contributed by atoms with Crippen LogP contribution in [0.1, 0.15) is 18.1 Å². The highest BCUT2D eigenvalue weighted by Gasteiger charge is 1.97. The Morgan fingerprint density at radius 3 is 2.50 bits per heavy atom. The van der Waals surface area contributed by atoms with E-state index in [0.717, 1.165) is 17.0 Å². The first-order valence-electron chi connectivity index (χ1n) is 4.15. The third-order valence-electron chi connectivity index (χ3n) is 1.83. The number of halogens is 1. The van der Waals surface area contributed by atoms with E-state index in [0.29, 0.717) is 6.42 Å². The second kappa shape index (κ2) is 4.48. The number of benzene rings is 1. The lowest BCUT2D eigenvalue weighted by molar-refractivity contribution is 0.299. The second-order valence-corrected chi connectivity index (χ2v) is 3.23. The van der Waals surface area contributed by atoms with Crippen molar-refractivity contribution in [1.29, 1.82) is 0 Å². The van der Waals surface area contributed by atoms with Gasteiger partial charge in [-0.25, -0.2) is 0 Å². The molecule has 0 unspecified atom stereocenters. The summed E-state index contributed by atoms with van der Waals surface area (Å²) >= 11 is 5.88. The average molecular weight is 185 g/mol. The van der Waals surface area contributed by atoms with Crippen LogP contribution in [0, 0.1) is 0 Å². The van der Waals surface area contributed by atoms with Crippen molar-refractivity contribution in [3.05, 3.63) is 34.3 Å². The smallest absolute Gasteiger partial charge is 0.0471 e. The maximum Gasteiger partial charge on any atom is 0.0471 e. The van der Waals surface area contributed by atoms with Crippen molar-refractivity contribution in [1.82, 2.24) is 0 Å². The van der Waals surface area contributed by atoms with Crippen LogP contribution in [-0.4, -0.2) is 11.7 Å². The molecule has 0 bridgehead atoms. The molecule has 0 saturated heterocycles. The van der Waals surface area contributed by atoms with Crippen molar-refractivity contribution >= 4 is 11.6 Å². The minimum absolute atomic E-state index is 0.184. The summed E-state index contributed by atoms with van der Waals surface area (Å²) in [6.45, 7) is 2.28. The highest BCUT2D eigenvalue weighted by molar-refractivity contribution is 6.30. The van der Waals surface area contributed by atoms with E-state index in [9.17, 15) is 0 Å². The van der Waals surface area contributed by atoms with Gasteiger partial charge in [-0.3, -0.25) is 0 Å². The van der Waals surface area contributed by atoms with Gasteiger partial charge in [0.2, 0.25) is 0 Å². The van der Waals surface area contributed by atoms with E-state index < -0.39 is 0 Å². The zero-order valence-electron chi connectivity index (χ0n) is 7.18. The Balaban J connectivity index is 2.90. The van der Waals surface area contributed by atoms with E-state index in [1.54, 1.807) is 0 Å². The SMILES string of the molecule is CCc1cc(Cl)cc(CCO)c1. The molecule has 0 aliphatic carbocycles. The van der Waals surface area contributed by atoms with Gasteiger partial charge in [-0.05, 0) is 36.1 Å². The lowest BCUT2D eigenvalue weighted by atomic mass is 10.1. The van der Waals surface area contributed by atoms with Crippen molar-refractivity contribution in [2.45, 2.75) is 19.8 Å². The van der Waals surface area contributed by atoms with Gasteiger partial charge in [0.25, 0.3) is 0 Å². The van der Waals surface area contributed by atoms with Crippen LogP contribution in [-0.2, 0) is 12.8 Å². The number of rotatable bonds is 3. The lowest BCUT2D eigenvalue weighted by Gasteiger charge is -2.02. The molecule has 66 valence electrons. The van der Waals surface area contributed by atoms with Crippen molar-refractivity contribution in [2.75, 3.05) is 6.61 Å². The molecule has 1 aromatic carbocycles. The Morgan fingerprint density at radius 1 is 1.25 bits per heavy atom. The van der Waals surface area contributed by atoms with Gasteiger partial charge < -0.3 is 5.11 Å². The fourth-order valence-electron chi connectivity index (χ4n) is 1.19. The Morgan fingerprint density at radius 2 is 1.92 bits per heavy atom. The first-order valence-corrected chi connectivity index (χ1v) is 4.53. The normalized spacial score (nSPS) is 10.2. The van der Waals surface area contributed by atoms with Crippen molar-refractivity contribution < 1.29 is 5.11 Å². The monoisotopic (exact) mass is 184 g/mol. The summed E-state index contributed by atoms with van der Waals surface area (Å²) in [4.78, 5) is 0. The molecule has 0 aliphatic heterocycles. The lowest BCUT2D eigenvalue weighted by Crippen LogP contribution is -1.92. The van der Waals surface area contributed by atoms with E-state index >= 15 is 0 Å². The molecule has 12 heavy (non-hydrogen) atoms. The molecule has 0 saturated carbocycles. The number of hydrogen-bond acceptors (Lipinski definition) is 1. The standard InChI is InChI=1S/C10H13ClO/c1-2-8-5-9(3-4-12)7-10(11)6-8/h5-7,12H,2-4H2,1H3. The van der Waals surface area contributed by atoms with Crippen LogP contribution in [0.4, 0.5) is 0 Å². The van der Waals surface area contributed by atoms with Crippen molar-refractivity contribution in [3.63, 3.8) is 0 Å². The molecule has 0 aromatic heterocycles. The Hall–Kier alpha value is -0.530. The molecule has 1 N–H and O–H groups in total. The Labute approximate surface area is 78.0 Å². The molecule has 0 amide bonds.